The predicted octanol–water partition coefficient (Wildman–Crippen LogP) is 2.61. The summed E-state index contributed by atoms with van der Waals surface area (Å²) in [5.41, 5.74) is 1.29. The van der Waals surface area contributed by atoms with Crippen molar-refractivity contribution >= 4 is 17.5 Å². The number of aliphatic hydroxyl groups excluding tert-OH is 1. The first kappa shape index (κ1) is 26.2. The van der Waals surface area contributed by atoms with Gasteiger partial charge in [0, 0.05) is 64.4 Å². The molecule has 1 radical (unpaired) electrons. The Morgan fingerprint density at radius 1 is 1.25 bits per heavy atom. The van der Waals surface area contributed by atoms with Crippen LogP contribution < -0.4 is 0 Å². The number of carbonyl (C=O) groups is 1. The van der Waals surface area contributed by atoms with Crippen molar-refractivity contribution in [3.05, 3.63) is 50.2 Å². The van der Waals surface area contributed by atoms with Crippen LogP contribution in [0, 0.1) is 14.4 Å². The van der Waals surface area contributed by atoms with E-state index in [2.05, 4.69) is 43.0 Å². The summed E-state index contributed by atoms with van der Waals surface area (Å²) in [7, 11) is 0. The number of amides is 1. The summed E-state index contributed by atoms with van der Waals surface area (Å²) < 4.78 is 0. The summed E-state index contributed by atoms with van der Waals surface area (Å²) in [6.07, 6.45) is 0. The van der Waals surface area contributed by atoms with Crippen LogP contribution in [0.3, 0.4) is 0 Å². The van der Waals surface area contributed by atoms with E-state index in [1.54, 1.807) is 4.90 Å². The Morgan fingerprint density at radius 2 is 1.79 bits per heavy atom. The smallest absolute Gasteiger partial charge is 0.248 e. The second-order valence-corrected chi connectivity index (χ2v) is 5.88. The van der Waals surface area contributed by atoms with Crippen LogP contribution in [-0.2, 0) is 44.0 Å². The van der Waals surface area contributed by atoms with Crippen molar-refractivity contribution in [2.45, 2.75) is 32.5 Å². The average molecular weight is 430 g/mol. The van der Waals surface area contributed by atoms with Crippen LogP contribution >= 0.6 is 11.6 Å². The molecule has 1 aromatic rings. The number of carbonyl (C=O) groups excluding carboxylic acids is 1. The predicted molar refractivity (Wildman–Crippen MR) is 97.1 cm³/mol. The quantitative estimate of drug-likeness (QED) is 0.593. The monoisotopic (exact) mass is 429 g/mol. The molecule has 1 N–H and O–H groups in total. The molecular weight excluding hydrogens is 401 g/mol. The van der Waals surface area contributed by atoms with E-state index in [9.17, 15) is 4.79 Å². The molecule has 0 aliphatic carbocycles. The Kier molecular flexibility index (Phi) is 15.5. The zero-order valence-corrected chi connectivity index (χ0v) is 18.6. The van der Waals surface area contributed by atoms with Crippen LogP contribution in [0.1, 0.15) is 19.4 Å². The van der Waals surface area contributed by atoms with Gasteiger partial charge in [0.25, 0.3) is 0 Å². The van der Waals surface area contributed by atoms with Crippen LogP contribution in [0.15, 0.2) is 30.3 Å². The molecule has 1 fully saturated rings. The maximum absolute atomic E-state index is 11.6. The number of hydrogen-bond donors (Lipinski definition) is 1. The number of rotatable bonds is 3. The molecule has 0 bridgehead atoms. The fraction of sp³-hybridized carbons (Fsp3) is 0.500. The summed E-state index contributed by atoms with van der Waals surface area (Å²) in [6.45, 7) is 9.48. The van der Waals surface area contributed by atoms with Gasteiger partial charge in [-0.2, -0.15) is 11.6 Å². The molecule has 0 aromatic heterocycles. The molecule has 1 heterocycles. The molecule has 1 amide bonds. The van der Waals surface area contributed by atoms with Gasteiger partial charge >= 0.3 is 0 Å². The molecule has 6 heteroatoms. The van der Waals surface area contributed by atoms with Gasteiger partial charge in [0.2, 0.25) is 5.91 Å². The zero-order valence-electron chi connectivity index (χ0n) is 15.0. The minimum Gasteiger partial charge on any atom is -0.387 e. The van der Waals surface area contributed by atoms with Crippen molar-refractivity contribution in [3.63, 3.8) is 0 Å². The molecule has 1 aliphatic heterocycles. The normalized spacial score (nSPS) is 20.1. The number of hydrogen-bond acceptors (Lipinski definition) is 3. The average Bonchev–Trinajstić information content (AvgIpc) is 2.51. The maximum Gasteiger partial charge on any atom is 0.248 e. The van der Waals surface area contributed by atoms with Crippen molar-refractivity contribution in [2.24, 2.45) is 0 Å². The van der Waals surface area contributed by atoms with Gasteiger partial charge in [-0.15, -0.1) is 5.88 Å². The van der Waals surface area contributed by atoms with E-state index >= 15 is 0 Å². The van der Waals surface area contributed by atoms with Crippen LogP contribution in [0.2, 0.25) is 0 Å². The molecule has 24 heavy (non-hydrogen) atoms. The Morgan fingerprint density at radius 3 is 2.29 bits per heavy atom. The van der Waals surface area contributed by atoms with Crippen LogP contribution in [0.25, 0.3) is 0 Å². The van der Waals surface area contributed by atoms with Crippen molar-refractivity contribution in [1.82, 2.24) is 9.80 Å². The Hall–Kier alpha value is 0.00390. The molecule has 2 atom stereocenters. The molecule has 135 valence electrons. The van der Waals surface area contributed by atoms with E-state index < -0.39 is 6.61 Å². The third-order valence-electron chi connectivity index (χ3n) is 3.80. The van der Waals surface area contributed by atoms with Crippen molar-refractivity contribution in [1.29, 1.82) is 0 Å². The zero-order chi connectivity index (χ0) is 16.5. The van der Waals surface area contributed by atoms with E-state index in [-0.39, 0.29) is 52.1 Å². The van der Waals surface area contributed by atoms with E-state index in [1.165, 1.54) is 5.56 Å². The van der Waals surface area contributed by atoms with E-state index in [1.807, 2.05) is 13.0 Å². The van der Waals surface area contributed by atoms with E-state index in [4.69, 9.17) is 16.7 Å². The minimum absolute atomic E-state index is 0. The first-order chi connectivity index (χ1) is 10.5. The number of benzene rings is 1. The first-order valence-electron chi connectivity index (χ1n) is 7.57. The Labute approximate surface area is 177 Å². The van der Waals surface area contributed by atoms with Crippen LogP contribution in [0.4, 0.5) is 0 Å². The number of aliphatic hydroxyl groups is 1. The summed E-state index contributed by atoms with van der Waals surface area (Å²) in [5, 5.41) is 8.99. The van der Waals surface area contributed by atoms with Crippen molar-refractivity contribution < 1.29 is 42.6 Å². The van der Waals surface area contributed by atoms with Gasteiger partial charge in [-0.25, -0.2) is 0 Å². The summed E-state index contributed by atoms with van der Waals surface area (Å²) in [6, 6.07) is 10.8. The van der Waals surface area contributed by atoms with Crippen molar-refractivity contribution in [2.75, 3.05) is 25.6 Å². The van der Waals surface area contributed by atoms with Gasteiger partial charge in [0.1, 0.15) is 6.61 Å². The summed E-state index contributed by atoms with van der Waals surface area (Å²) >= 11 is 4.89. The maximum atomic E-state index is 11.6. The fourth-order valence-electron chi connectivity index (χ4n) is 2.67. The van der Waals surface area contributed by atoms with Gasteiger partial charge in [0.15, 0.2) is 0 Å². The second-order valence-electron chi connectivity index (χ2n) is 5.51. The fourth-order valence-corrected chi connectivity index (χ4v) is 2.67. The van der Waals surface area contributed by atoms with Gasteiger partial charge in [0.05, 0.1) is 0 Å². The molecule has 2 unspecified atom stereocenters. The van der Waals surface area contributed by atoms with Gasteiger partial charge in [-0.05, 0) is 19.4 Å². The number of piperazine rings is 1. The van der Waals surface area contributed by atoms with Crippen LogP contribution in [-0.4, -0.2) is 58.5 Å². The first-order valence-corrected chi connectivity index (χ1v) is 8.10. The molecule has 2 rings (SSSR count). The van der Waals surface area contributed by atoms with E-state index in [0.717, 1.165) is 13.1 Å². The SMILES string of the molecule is CC1CN(C(=O)CO)C(C)CN1Cc1ccccc1.[CH2-]CCl.[CH3-].[Y]. The van der Waals surface area contributed by atoms with Gasteiger partial charge < -0.3 is 24.4 Å². The third kappa shape index (κ3) is 8.40. The standard InChI is InChI=1S/C15H22N2O2.C2H4Cl.CH3.Y/c1-12-9-17(15(19)11-18)13(2)8-16(12)10-14-6-4-3-5-7-14;1-2-3;;/h3-7,12-13,18H,8-11H2,1-2H3;1-2H2;1H3;/q;2*-1;. The number of alkyl halides is 1. The summed E-state index contributed by atoms with van der Waals surface area (Å²) in [5.74, 6) is 0.304. The molecule has 1 aromatic carbocycles. The molecule has 4 nitrogen and oxygen atoms in total. The number of halogens is 1. The molecule has 0 spiro atoms. The minimum atomic E-state index is -0.393. The second kappa shape index (κ2) is 14.2. The summed E-state index contributed by atoms with van der Waals surface area (Å²) in [4.78, 5) is 15.8. The van der Waals surface area contributed by atoms with Crippen molar-refractivity contribution in [3.8, 4) is 0 Å². The van der Waals surface area contributed by atoms with Gasteiger partial charge in [-0.1, -0.05) is 30.3 Å². The Bertz CT molecular complexity index is 448. The molecule has 0 saturated carbocycles. The van der Waals surface area contributed by atoms with Gasteiger partial charge in [-0.3, -0.25) is 9.69 Å². The van der Waals surface area contributed by atoms with E-state index in [0.29, 0.717) is 18.5 Å². The van der Waals surface area contributed by atoms with Crippen LogP contribution in [0.5, 0.6) is 0 Å². The molecular formula is C18H29ClN2O2Y-2. The molecule has 1 aliphatic rings. The largest absolute Gasteiger partial charge is 0.387 e. The third-order valence-corrected chi connectivity index (χ3v) is 3.80. The topological polar surface area (TPSA) is 43.8 Å². The molecule has 1 saturated heterocycles. The number of nitrogens with zero attached hydrogens (tertiary/aromatic N) is 2. The Balaban J connectivity index is 0.